The zero-order valence-corrected chi connectivity index (χ0v) is 10.9. The Bertz CT molecular complexity index is 134. The van der Waals surface area contributed by atoms with Gasteiger partial charge in [0.2, 0.25) is 0 Å². The number of hydrogen-bond donors (Lipinski definition) is 0. The zero-order valence-electron chi connectivity index (χ0n) is 10.9. The fourth-order valence-corrected chi connectivity index (χ4v) is 2.16. The summed E-state index contributed by atoms with van der Waals surface area (Å²) in [6, 6.07) is 1.42. The lowest BCUT2D eigenvalue weighted by molar-refractivity contribution is 0.162. The summed E-state index contributed by atoms with van der Waals surface area (Å²) in [5, 5.41) is 0. The monoisotopic (exact) mass is 200 g/mol. The van der Waals surface area contributed by atoms with Gasteiger partial charge in [0.25, 0.3) is 0 Å². The van der Waals surface area contributed by atoms with E-state index < -0.39 is 0 Å². The predicted octanol–water partition coefficient (Wildman–Crippen LogP) is 2.45. The first-order valence-electron chi connectivity index (χ1n) is 6.05. The maximum atomic E-state index is 2.60. The van der Waals surface area contributed by atoms with E-state index >= 15 is 0 Å². The summed E-state index contributed by atoms with van der Waals surface area (Å²) in [6.45, 7) is 14.7. The van der Waals surface area contributed by atoms with Crippen molar-refractivity contribution in [3.8, 4) is 0 Å². The lowest BCUT2D eigenvalue weighted by atomic mass is 10.2. The molecular formula is C12H28N2. The molecule has 0 N–H and O–H groups in total. The molecule has 1 atom stereocenters. The summed E-state index contributed by atoms with van der Waals surface area (Å²) >= 11 is 0. The Balaban J connectivity index is 0.000000791. The van der Waals surface area contributed by atoms with Gasteiger partial charge in [0.05, 0.1) is 0 Å². The van der Waals surface area contributed by atoms with Gasteiger partial charge in [-0.15, -0.1) is 0 Å². The highest BCUT2D eigenvalue weighted by molar-refractivity contribution is 4.77. The molecule has 1 heterocycles. The number of rotatable bonds is 1. The second kappa shape index (κ2) is 7.24. The van der Waals surface area contributed by atoms with Gasteiger partial charge < -0.3 is 4.90 Å². The summed E-state index contributed by atoms with van der Waals surface area (Å²) in [6.07, 6.45) is 1.32. The highest BCUT2D eigenvalue weighted by Gasteiger charge is 2.20. The fourth-order valence-electron chi connectivity index (χ4n) is 2.16. The molecule has 0 aliphatic carbocycles. The third-order valence-corrected chi connectivity index (χ3v) is 2.76. The standard InChI is InChI=1S/C10H22N2.C2H6/c1-9(2)12-7-5-6-11(4)8-10(12)3;1-2/h9-10H,5-8H2,1-4H3;1-2H3/t10-;/m1./s1. The van der Waals surface area contributed by atoms with Crippen LogP contribution in [0.3, 0.4) is 0 Å². The molecule has 1 aliphatic rings. The average Bonchev–Trinajstić information content (AvgIpc) is 2.30. The summed E-state index contributed by atoms with van der Waals surface area (Å²) in [4.78, 5) is 5.04. The zero-order chi connectivity index (χ0) is 11.1. The molecule has 2 nitrogen and oxygen atoms in total. The highest BCUT2D eigenvalue weighted by Crippen LogP contribution is 2.11. The molecule has 2 heteroatoms. The molecule has 0 radical (unpaired) electrons. The molecule has 14 heavy (non-hydrogen) atoms. The normalized spacial score (nSPS) is 25.5. The van der Waals surface area contributed by atoms with Gasteiger partial charge in [-0.25, -0.2) is 0 Å². The second-order valence-corrected chi connectivity index (χ2v) is 4.30. The Morgan fingerprint density at radius 1 is 1.14 bits per heavy atom. The summed E-state index contributed by atoms with van der Waals surface area (Å²) < 4.78 is 0. The molecule has 0 aromatic heterocycles. The van der Waals surface area contributed by atoms with Gasteiger partial charge in [-0.3, -0.25) is 4.90 Å². The summed E-state index contributed by atoms with van der Waals surface area (Å²) in [5.41, 5.74) is 0. The van der Waals surface area contributed by atoms with Gasteiger partial charge in [0.1, 0.15) is 0 Å². The maximum Gasteiger partial charge on any atom is 0.0197 e. The highest BCUT2D eigenvalue weighted by atomic mass is 15.2. The van der Waals surface area contributed by atoms with Crippen LogP contribution in [-0.2, 0) is 0 Å². The maximum absolute atomic E-state index is 2.60. The molecular weight excluding hydrogens is 172 g/mol. The van der Waals surface area contributed by atoms with Crippen LogP contribution in [0, 0.1) is 0 Å². The van der Waals surface area contributed by atoms with Crippen LogP contribution in [0.5, 0.6) is 0 Å². The third-order valence-electron chi connectivity index (χ3n) is 2.76. The van der Waals surface area contributed by atoms with Crippen molar-refractivity contribution in [1.82, 2.24) is 9.80 Å². The van der Waals surface area contributed by atoms with Crippen molar-refractivity contribution in [2.45, 2.75) is 53.1 Å². The van der Waals surface area contributed by atoms with E-state index in [1.54, 1.807) is 0 Å². The molecule has 86 valence electrons. The molecule has 0 amide bonds. The summed E-state index contributed by atoms with van der Waals surface area (Å²) in [5.74, 6) is 0. The van der Waals surface area contributed by atoms with Crippen molar-refractivity contribution >= 4 is 0 Å². The first kappa shape index (κ1) is 13.9. The third kappa shape index (κ3) is 4.43. The fraction of sp³-hybridized carbons (Fsp3) is 1.00. The Labute approximate surface area is 90.3 Å². The molecule has 1 fully saturated rings. The van der Waals surface area contributed by atoms with Gasteiger partial charge in [-0.05, 0) is 47.3 Å². The molecule has 0 saturated carbocycles. The van der Waals surface area contributed by atoms with Crippen LogP contribution >= 0.6 is 0 Å². The van der Waals surface area contributed by atoms with Gasteiger partial charge in [-0.1, -0.05) is 13.8 Å². The van der Waals surface area contributed by atoms with Crippen LogP contribution in [0.2, 0.25) is 0 Å². The minimum Gasteiger partial charge on any atom is -0.305 e. The number of likely N-dealkylation sites (N-methyl/N-ethyl adjacent to an activating group) is 1. The Morgan fingerprint density at radius 2 is 1.71 bits per heavy atom. The van der Waals surface area contributed by atoms with Crippen molar-refractivity contribution in [2.24, 2.45) is 0 Å². The van der Waals surface area contributed by atoms with Crippen molar-refractivity contribution in [2.75, 3.05) is 26.7 Å². The summed E-state index contributed by atoms with van der Waals surface area (Å²) in [7, 11) is 2.22. The Hall–Kier alpha value is -0.0800. The first-order chi connectivity index (χ1) is 6.61. The van der Waals surface area contributed by atoms with Crippen molar-refractivity contribution < 1.29 is 0 Å². The van der Waals surface area contributed by atoms with E-state index in [2.05, 4.69) is 37.6 Å². The molecule has 1 aliphatic heterocycles. The van der Waals surface area contributed by atoms with E-state index in [1.807, 2.05) is 13.8 Å². The Kier molecular flexibility index (Phi) is 7.20. The minimum atomic E-state index is 0.700. The molecule has 0 aromatic carbocycles. The molecule has 1 rings (SSSR count). The van der Waals surface area contributed by atoms with Crippen molar-refractivity contribution in [1.29, 1.82) is 0 Å². The topological polar surface area (TPSA) is 6.48 Å². The van der Waals surface area contributed by atoms with E-state index in [4.69, 9.17) is 0 Å². The molecule has 0 unspecified atom stereocenters. The largest absolute Gasteiger partial charge is 0.305 e. The van der Waals surface area contributed by atoms with E-state index in [1.165, 1.54) is 26.1 Å². The lowest BCUT2D eigenvalue weighted by Crippen LogP contribution is -2.41. The van der Waals surface area contributed by atoms with Crippen molar-refractivity contribution in [3.05, 3.63) is 0 Å². The molecule has 0 spiro atoms. The molecule has 0 bridgehead atoms. The lowest BCUT2D eigenvalue weighted by Gasteiger charge is -2.31. The van der Waals surface area contributed by atoms with Gasteiger partial charge >= 0.3 is 0 Å². The first-order valence-corrected chi connectivity index (χ1v) is 6.05. The van der Waals surface area contributed by atoms with Crippen LogP contribution in [0.1, 0.15) is 41.0 Å². The average molecular weight is 200 g/mol. The smallest absolute Gasteiger partial charge is 0.0197 e. The van der Waals surface area contributed by atoms with E-state index in [-0.39, 0.29) is 0 Å². The van der Waals surface area contributed by atoms with Crippen LogP contribution < -0.4 is 0 Å². The van der Waals surface area contributed by atoms with Gasteiger partial charge in [0, 0.05) is 18.6 Å². The molecule has 0 aromatic rings. The Morgan fingerprint density at radius 3 is 2.21 bits per heavy atom. The van der Waals surface area contributed by atoms with Gasteiger partial charge in [-0.2, -0.15) is 0 Å². The van der Waals surface area contributed by atoms with Crippen LogP contribution in [-0.4, -0.2) is 48.6 Å². The minimum absolute atomic E-state index is 0.700. The van der Waals surface area contributed by atoms with E-state index in [0.29, 0.717) is 6.04 Å². The van der Waals surface area contributed by atoms with Crippen LogP contribution in [0.15, 0.2) is 0 Å². The van der Waals surface area contributed by atoms with Crippen molar-refractivity contribution in [3.63, 3.8) is 0 Å². The number of nitrogens with zero attached hydrogens (tertiary/aromatic N) is 2. The number of hydrogen-bond acceptors (Lipinski definition) is 2. The quantitative estimate of drug-likeness (QED) is 0.641. The molecule has 1 saturated heterocycles. The SMILES string of the molecule is CC.CC(C)N1CCCN(C)C[C@H]1C. The van der Waals surface area contributed by atoms with E-state index in [9.17, 15) is 0 Å². The predicted molar refractivity (Wildman–Crippen MR) is 64.8 cm³/mol. The second-order valence-electron chi connectivity index (χ2n) is 4.30. The van der Waals surface area contributed by atoms with Crippen LogP contribution in [0.25, 0.3) is 0 Å². The van der Waals surface area contributed by atoms with Crippen LogP contribution in [0.4, 0.5) is 0 Å². The van der Waals surface area contributed by atoms with E-state index in [0.717, 1.165) is 6.04 Å². The van der Waals surface area contributed by atoms with Gasteiger partial charge in [0.15, 0.2) is 0 Å².